The van der Waals surface area contributed by atoms with Crippen LogP contribution in [0.3, 0.4) is 0 Å². The molecule has 0 aromatic heterocycles. The van der Waals surface area contributed by atoms with Gasteiger partial charge in [-0.05, 0) is 0 Å². The largest absolute Gasteiger partial charge is 0.394 e. The Morgan fingerprint density at radius 1 is 0.233 bits per heavy atom. The number of aliphatic hydroxyl groups excluding tert-OH is 28. The van der Waals surface area contributed by atoms with Crippen LogP contribution in [0.1, 0.15) is 25.7 Å². The van der Waals surface area contributed by atoms with E-state index in [0.717, 1.165) is 0 Å². The van der Waals surface area contributed by atoms with Gasteiger partial charge in [-0.15, -0.1) is 0 Å². The van der Waals surface area contributed by atoms with Crippen LogP contribution in [-0.2, 0) is 95.0 Å². The number of thioether (sulfide) groups is 4. The van der Waals surface area contributed by atoms with E-state index in [2.05, 4.69) is 21.3 Å². The Labute approximate surface area is 754 Å². The van der Waals surface area contributed by atoms with E-state index in [0.29, 0.717) is 23.0 Å². The van der Waals surface area contributed by atoms with Gasteiger partial charge in [-0.2, -0.15) is 47.0 Å². The maximum atomic E-state index is 13.4. The molecule has 56 heteroatoms. The highest BCUT2D eigenvalue weighted by molar-refractivity contribution is 8.02. The summed E-state index contributed by atoms with van der Waals surface area (Å²) in [7, 11) is 0. The fraction of sp³-hybridized carbons (Fsp3) is 0.945. The van der Waals surface area contributed by atoms with E-state index in [1.54, 1.807) is 0 Å². The van der Waals surface area contributed by atoms with Gasteiger partial charge in [0.05, 0.1) is 79.3 Å². The van der Waals surface area contributed by atoms with Crippen LogP contribution in [0.5, 0.6) is 0 Å². The van der Waals surface area contributed by atoms with Crippen molar-refractivity contribution in [1.82, 2.24) is 21.3 Å². The normalized spacial score (nSPS) is 40.6. The van der Waals surface area contributed by atoms with Crippen LogP contribution in [0, 0.1) is 5.41 Å². The number of hydrogen-bond donors (Lipinski definition) is 32. The van der Waals surface area contributed by atoms with Crippen LogP contribution in [0.25, 0.3) is 0 Å². The molecular formula is C73H128N4O48S4. The first kappa shape index (κ1) is 112. The third-order valence-corrected chi connectivity index (χ3v) is 27.4. The lowest BCUT2D eigenvalue weighted by atomic mass is 9.97. The van der Waals surface area contributed by atoms with Crippen molar-refractivity contribution >= 4 is 70.7 Å². The molecule has 0 aromatic carbocycles. The standard InChI is InChI=1S/C73H128N4O48S4/c78-17-29-41(90)45(94)53(102)69(114-29)122-61-33(21-82)118-65(57(106)49(61)98)110-9-5-74-37(86)1-13-126-25-73(26-127-14-2-38(87)75-6-10-111-66-58(107)50(99)62(34(22-83)119-66)123-70-54(103)46(95)42(91)30(18-79)115-70,27-128-15-3-39(88)76-7-11-112-67-59(108)51(100)63(35(23-84)120-67)124-71-55(104)47(96)43(92)31(19-80)116-71)28-129-16-4-40(89)77-8-12-113-68-60(109)52(101)64(36(24-85)121-68)125-72-56(105)48(97)44(93)32(20-81)117-72/h29-36,41-72,78-85,90-109H,1-28H2,(H,74,86)(H,75,87)(H,76,88)(H,77,89)/t29-,30-,31-,32-,33-,34-,35-,36-,41+,42+,43+,44+,45+,46+,47+,48+,49-,50-,51-,52-,53-,54-,55-,56-,57-,58-,59-,60-,61+,62+,63+,64+,65-,66-,67-,68-,69-,70-,71-,72-/m1/s1. The van der Waals surface area contributed by atoms with E-state index in [-0.39, 0.29) is 101 Å². The van der Waals surface area contributed by atoms with Crippen LogP contribution >= 0.6 is 47.0 Å². The molecule has 0 unspecified atom stereocenters. The second-order valence-electron chi connectivity index (χ2n) is 31.6. The minimum atomic E-state index is -1.91. The highest BCUT2D eigenvalue weighted by Gasteiger charge is 2.57. The van der Waals surface area contributed by atoms with E-state index < -0.39 is 328 Å². The van der Waals surface area contributed by atoms with Crippen LogP contribution in [-0.4, -0.2) is 564 Å². The van der Waals surface area contributed by atoms with E-state index >= 15 is 0 Å². The lowest BCUT2D eigenvalue weighted by Crippen LogP contribution is -2.64. The average Bonchev–Trinajstić information content (AvgIpc) is 0.796. The summed E-state index contributed by atoms with van der Waals surface area (Å²) in [5.41, 5.74) is -0.755. The van der Waals surface area contributed by atoms with E-state index in [1.807, 2.05) is 0 Å². The first-order chi connectivity index (χ1) is 61.6. The maximum absolute atomic E-state index is 13.4. The molecule has 0 aliphatic carbocycles. The molecular weight excluding hydrogens is 1830 g/mol. The molecule has 129 heavy (non-hydrogen) atoms. The Morgan fingerprint density at radius 2 is 0.403 bits per heavy atom. The topological polar surface area (TPSA) is 831 Å². The van der Waals surface area contributed by atoms with Crippen molar-refractivity contribution in [3.63, 3.8) is 0 Å². The minimum Gasteiger partial charge on any atom is -0.394 e. The molecule has 52 nitrogen and oxygen atoms in total. The number of amides is 4. The number of ether oxygens (including phenoxy) is 16. The number of aliphatic hydroxyl groups is 28. The zero-order valence-electron chi connectivity index (χ0n) is 69.7. The highest BCUT2D eigenvalue weighted by Crippen LogP contribution is 2.39. The molecule has 0 spiro atoms. The predicted octanol–water partition coefficient (Wildman–Crippen LogP) is -18.5. The molecule has 8 rings (SSSR count). The summed E-state index contributed by atoms with van der Waals surface area (Å²) < 4.78 is 89.0. The molecule has 32 N–H and O–H groups in total. The van der Waals surface area contributed by atoms with E-state index in [4.69, 9.17) is 75.8 Å². The van der Waals surface area contributed by atoms with E-state index in [9.17, 15) is 162 Å². The lowest BCUT2D eigenvalue weighted by Gasteiger charge is -2.45. The second-order valence-corrected chi connectivity index (χ2v) is 36.0. The van der Waals surface area contributed by atoms with Crippen molar-refractivity contribution in [3.8, 4) is 0 Å². The van der Waals surface area contributed by atoms with Crippen molar-refractivity contribution in [2.75, 3.05) is 151 Å². The van der Waals surface area contributed by atoms with Gasteiger partial charge in [0.15, 0.2) is 50.3 Å². The van der Waals surface area contributed by atoms with Crippen LogP contribution in [0.4, 0.5) is 0 Å². The van der Waals surface area contributed by atoms with Crippen LogP contribution in [0.15, 0.2) is 0 Å². The SMILES string of the molecule is O=C(CCSCC(CSCCC(=O)NCCO[C@@H]1O[C@H](CO)[C@H](O[C@H]2O[C@H](CO)[C@H](O)[C@H](O)[C@H]2O)[C@H](O)[C@H]1O)(CSCCC(=O)NCCO[C@@H]1O[C@H](CO)[C@H](O[C@H]2O[C@H](CO)[C@H](O)[C@H](O)[C@H]2O)[C@H](O)[C@H]1O)CSCCC(=O)NCCO[C@@H]1O[C@H](CO)[C@H](O[C@H]2O[C@H](CO)[C@H](O)[C@H](O)[C@H]2O)[C@H](O)[C@H]1O)NCCO[C@@H]1O[C@H](CO)[C@H](O[C@H]2O[C@H](CO)[C@H](O)[C@H](O)[C@H]2O)[C@H](O)[C@H]1O. The summed E-state index contributed by atoms with van der Waals surface area (Å²) in [6, 6.07) is 0. The summed E-state index contributed by atoms with van der Waals surface area (Å²) >= 11 is 5.44. The predicted molar refractivity (Wildman–Crippen MR) is 432 cm³/mol. The average molecular weight is 1960 g/mol. The smallest absolute Gasteiger partial charge is 0.220 e. The molecule has 40 atom stereocenters. The van der Waals surface area contributed by atoms with Gasteiger partial charge < -0.3 is 240 Å². The van der Waals surface area contributed by atoms with Gasteiger partial charge in [0, 0.05) is 103 Å². The summed E-state index contributed by atoms with van der Waals surface area (Å²) in [5, 5.41) is 302. The molecule has 0 aromatic rings. The Hall–Kier alpha value is -2.48. The molecule has 0 bridgehead atoms. The molecule has 0 radical (unpaired) electrons. The summed E-state index contributed by atoms with van der Waals surface area (Å²) in [6.45, 7) is -8.58. The van der Waals surface area contributed by atoms with Crippen LogP contribution < -0.4 is 21.3 Å². The van der Waals surface area contributed by atoms with Crippen molar-refractivity contribution in [3.05, 3.63) is 0 Å². The quantitative estimate of drug-likeness (QED) is 0.0252. The van der Waals surface area contributed by atoms with Gasteiger partial charge in [-0.25, -0.2) is 0 Å². The zero-order chi connectivity index (χ0) is 94.7. The Bertz CT molecular complexity index is 2820. The number of hydrogen-bond acceptors (Lipinski definition) is 52. The van der Waals surface area contributed by atoms with Crippen molar-refractivity contribution in [2.45, 2.75) is 271 Å². The van der Waals surface area contributed by atoms with Gasteiger partial charge in [0.1, 0.15) is 195 Å². The van der Waals surface area contributed by atoms with Crippen molar-refractivity contribution in [1.29, 1.82) is 0 Å². The Morgan fingerprint density at radius 3 is 0.581 bits per heavy atom. The summed E-state index contributed by atoms with van der Waals surface area (Å²) in [6.07, 6.45) is -68.8. The van der Waals surface area contributed by atoms with Gasteiger partial charge >= 0.3 is 0 Å². The third-order valence-electron chi connectivity index (χ3n) is 22.2. The summed E-state index contributed by atoms with van der Waals surface area (Å²) in [5.74, 6) is 0.105. The van der Waals surface area contributed by atoms with Crippen molar-refractivity contribution in [2.24, 2.45) is 5.41 Å². The first-order valence-corrected chi connectivity index (χ1v) is 46.4. The third kappa shape index (κ3) is 30.8. The molecule has 8 fully saturated rings. The fourth-order valence-corrected chi connectivity index (χ4v) is 20.3. The highest BCUT2D eigenvalue weighted by atomic mass is 32.2. The molecule has 8 heterocycles. The molecule has 0 saturated carbocycles. The van der Waals surface area contributed by atoms with Crippen molar-refractivity contribution < 1.29 is 238 Å². The maximum Gasteiger partial charge on any atom is 0.220 e. The number of nitrogens with one attached hydrogen (secondary N) is 4. The Kier molecular flexibility index (Phi) is 48.0. The monoisotopic (exact) mass is 1960 g/mol. The molecule has 8 aliphatic rings. The van der Waals surface area contributed by atoms with Gasteiger partial charge in [-0.3, -0.25) is 19.2 Å². The summed E-state index contributed by atoms with van der Waals surface area (Å²) in [4.78, 5) is 53.8. The number of carbonyl (C=O) groups excluding carboxylic acids is 4. The lowest BCUT2D eigenvalue weighted by molar-refractivity contribution is -0.359. The fourth-order valence-electron chi connectivity index (χ4n) is 14.7. The molecule has 752 valence electrons. The van der Waals surface area contributed by atoms with E-state index in [1.165, 1.54) is 47.0 Å². The first-order valence-electron chi connectivity index (χ1n) is 41.7. The number of carbonyl (C=O) groups is 4. The van der Waals surface area contributed by atoms with Gasteiger partial charge in [-0.1, -0.05) is 0 Å². The van der Waals surface area contributed by atoms with Gasteiger partial charge in [0.25, 0.3) is 0 Å². The second kappa shape index (κ2) is 55.3. The molecule has 8 aliphatic heterocycles. The Balaban J connectivity index is 0.879. The minimum absolute atomic E-state index is 0.0879. The molecule has 4 amide bonds. The molecule has 8 saturated heterocycles. The van der Waals surface area contributed by atoms with Gasteiger partial charge in [0.2, 0.25) is 23.6 Å². The van der Waals surface area contributed by atoms with Crippen LogP contribution in [0.2, 0.25) is 0 Å². The zero-order valence-corrected chi connectivity index (χ0v) is 73.0. The number of rotatable bonds is 52.